The zero-order valence-corrected chi connectivity index (χ0v) is 24.5. The van der Waals surface area contributed by atoms with Crippen molar-refractivity contribution in [2.45, 2.75) is 120 Å². The number of alkyl halides is 12. The van der Waals surface area contributed by atoms with Crippen LogP contribution in [0.5, 0.6) is 0 Å². The molecule has 5 aliphatic carbocycles. The molecular weight excluding hydrogens is 636 g/mol. The maximum atomic E-state index is 14.0. The van der Waals surface area contributed by atoms with Crippen LogP contribution in [0.2, 0.25) is 0 Å². The van der Waals surface area contributed by atoms with Crippen LogP contribution >= 0.6 is 0 Å². The monoisotopic (exact) mass is 674 g/mol. The van der Waals surface area contributed by atoms with Crippen molar-refractivity contribution in [1.29, 1.82) is 0 Å². The molecule has 2 N–H and O–H groups in total. The lowest BCUT2D eigenvalue weighted by molar-refractivity contribution is -0.395. The smallest absolute Gasteiger partial charge is 0.373 e. The second-order valence-electron chi connectivity index (χ2n) is 14.6. The second-order valence-corrected chi connectivity index (χ2v) is 14.6. The number of carbonyl (C=O) groups is 1. The van der Waals surface area contributed by atoms with Crippen molar-refractivity contribution in [3.8, 4) is 0 Å². The van der Waals surface area contributed by atoms with Gasteiger partial charge in [0.15, 0.2) is 0 Å². The second kappa shape index (κ2) is 10.9. The number of aliphatic hydroxyl groups is 2. The molecule has 0 aromatic heterocycles. The molecule has 45 heavy (non-hydrogen) atoms. The molecule has 0 heterocycles. The summed E-state index contributed by atoms with van der Waals surface area (Å²) < 4.78 is 168. The van der Waals surface area contributed by atoms with Gasteiger partial charge in [-0.25, -0.2) is 0 Å². The number of hydrogen-bond acceptors (Lipinski definition) is 3. The van der Waals surface area contributed by atoms with Crippen LogP contribution in [-0.2, 0) is 4.79 Å². The van der Waals surface area contributed by atoms with E-state index in [2.05, 4.69) is 0 Å². The van der Waals surface area contributed by atoms with E-state index in [1.54, 1.807) is 6.92 Å². The van der Waals surface area contributed by atoms with Crippen molar-refractivity contribution >= 4 is 5.78 Å². The summed E-state index contributed by atoms with van der Waals surface area (Å²) in [7, 11) is 0. The van der Waals surface area contributed by atoms with E-state index in [4.69, 9.17) is 0 Å². The van der Waals surface area contributed by atoms with E-state index >= 15 is 0 Å². The number of carbonyl (C=O) groups excluding carboxylic acids is 1. The lowest BCUT2D eigenvalue weighted by Crippen LogP contribution is -2.66. The van der Waals surface area contributed by atoms with Gasteiger partial charge in [-0.2, -0.15) is 52.7 Å². The summed E-state index contributed by atoms with van der Waals surface area (Å²) in [4.78, 5) is 13.6. The highest BCUT2D eigenvalue weighted by atomic mass is 19.4. The topological polar surface area (TPSA) is 57.5 Å². The first-order valence-electron chi connectivity index (χ1n) is 15.7. The maximum absolute atomic E-state index is 14.0. The molecular formula is C30H38F12O3. The van der Waals surface area contributed by atoms with E-state index in [0.717, 1.165) is 0 Å². The summed E-state index contributed by atoms with van der Waals surface area (Å²) in [5.74, 6) is -11.3. The van der Waals surface area contributed by atoms with Crippen molar-refractivity contribution < 1.29 is 67.7 Å². The Kier molecular flexibility index (Phi) is 8.48. The Morgan fingerprint density at radius 2 is 1.20 bits per heavy atom. The fraction of sp³-hybridized carbons (Fsp3) is 0.967. The van der Waals surface area contributed by atoms with Crippen molar-refractivity contribution in [2.75, 3.05) is 0 Å². The fourth-order valence-electron chi connectivity index (χ4n) is 10.9. The Morgan fingerprint density at radius 3 is 1.71 bits per heavy atom. The van der Waals surface area contributed by atoms with Crippen LogP contribution in [0.15, 0.2) is 0 Å². The van der Waals surface area contributed by atoms with Crippen molar-refractivity contribution in [2.24, 2.45) is 58.7 Å². The number of Topliss-reactive ketones (excluding diaryl/α,β-unsaturated/α-hetero) is 1. The third-order valence-corrected chi connectivity index (χ3v) is 12.7. The quantitative estimate of drug-likeness (QED) is 0.288. The van der Waals surface area contributed by atoms with Crippen molar-refractivity contribution in [1.82, 2.24) is 0 Å². The van der Waals surface area contributed by atoms with Crippen LogP contribution < -0.4 is 0 Å². The minimum absolute atomic E-state index is 0.00904. The van der Waals surface area contributed by atoms with Crippen LogP contribution in [-0.4, -0.2) is 51.9 Å². The largest absolute Gasteiger partial charge is 0.427 e. The van der Waals surface area contributed by atoms with Crippen LogP contribution in [0, 0.1) is 58.7 Å². The van der Waals surface area contributed by atoms with E-state index in [1.807, 2.05) is 0 Å². The highest BCUT2D eigenvalue weighted by Crippen LogP contribution is 2.68. The molecule has 3 nitrogen and oxygen atoms in total. The molecule has 0 aromatic carbocycles. The molecule has 5 fully saturated rings. The molecule has 0 aromatic rings. The van der Waals surface area contributed by atoms with Crippen molar-refractivity contribution in [3.63, 3.8) is 0 Å². The first-order chi connectivity index (χ1) is 20.4. The molecule has 5 aliphatic rings. The van der Waals surface area contributed by atoms with Gasteiger partial charge in [-0.1, -0.05) is 32.6 Å². The predicted molar refractivity (Wildman–Crippen MR) is 134 cm³/mol. The number of ketones is 1. The predicted octanol–water partition coefficient (Wildman–Crippen LogP) is 8.57. The summed E-state index contributed by atoms with van der Waals surface area (Å²) in [5, 5.41) is 20.7. The first kappa shape index (κ1) is 35.1. The van der Waals surface area contributed by atoms with Gasteiger partial charge in [0.1, 0.15) is 5.78 Å². The standard InChI is InChI=1S/C30H38F12O3/c1-2-15-12-24(13-20(15)22(23(24)43)26(45,29(37,38)39)30(40,41)42)11-14-7-8-17-16(9-14)10-21(19-6-4-3-5-18(17)19)25(44,27(31,32)33)28(34,35)36/h14-22,44-45H,2-13H2,1H3. The van der Waals surface area contributed by atoms with Gasteiger partial charge < -0.3 is 10.2 Å². The van der Waals surface area contributed by atoms with E-state index in [9.17, 15) is 67.7 Å². The third-order valence-electron chi connectivity index (χ3n) is 12.7. The Balaban J connectivity index is 1.44. The average Bonchev–Trinajstić information content (AvgIpc) is 3.41. The minimum Gasteiger partial charge on any atom is -0.373 e. The Bertz CT molecular complexity index is 1100. The van der Waals surface area contributed by atoms with Crippen LogP contribution in [0.4, 0.5) is 52.7 Å². The summed E-state index contributed by atoms with van der Waals surface area (Å²) in [6.45, 7) is 1.57. The summed E-state index contributed by atoms with van der Waals surface area (Å²) >= 11 is 0. The molecule has 15 heteroatoms. The Morgan fingerprint density at radius 1 is 0.667 bits per heavy atom. The normalized spacial score (nSPS) is 40.0. The number of fused-ring (bicyclic) bond motifs is 5. The number of hydrogen-bond donors (Lipinski definition) is 2. The van der Waals surface area contributed by atoms with Gasteiger partial charge in [-0.15, -0.1) is 0 Å². The molecule has 5 saturated carbocycles. The van der Waals surface area contributed by atoms with Gasteiger partial charge in [0.25, 0.3) is 11.2 Å². The molecule has 5 rings (SSSR count). The summed E-state index contributed by atoms with van der Waals surface area (Å²) in [6, 6.07) is 0. The minimum atomic E-state index is -6.19. The number of rotatable bonds is 5. The zero-order valence-electron chi connectivity index (χ0n) is 24.5. The van der Waals surface area contributed by atoms with Gasteiger partial charge in [-0.05, 0) is 92.8 Å². The molecule has 0 spiro atoms. The van der Waals surface area contributed by atoms with Gasteiger partial charge in [0.05, 0.1) is 5.92 Å². The molecule has 0 saturated heterocycles. The van der Waals surface area contributed by atoms with Gasteiger partial charge in [0, 0.05) is 11.3 Å². The Labute approximate surface area is 252 Å². The molecule has 0 radical (unpaired) electrons. The lowest BCUT2D eigenvalue weighted by atomic mass is 9.50. The van der Waals surface area contributed by atoms with Crippen LogP contribution in [0.25, 0.3) is 0 Å². The molecule has 0 aliphatic heterocycles. The molecule has 260 valence electrons. The SMILES string of the molecule is CCC1CC2(CC3CCC4C(C3)CC(C(O)(C(F)(F)F)C(F)(F)F)C3CCCCC43)CC1C(C(O)(C(F)(F)F)C(F)(F)F)C2=O. The van der Waals surface area contributed by atoms with Crippen LogP contribution in [0.3, 0.4) is 0 Å². The highest BCUT2D eigenvalue weighted by Gasteiger charge is 2.81. The zero-order chi connectivity index (χ0) is 33.8. The van der Waals surface area contributed by atoms with E-state index in [0.29, 0.717) is 32.1 Å². The summed E-state index contributed by atoms with van der Waals surface area (Å²) in [5.41, 5.74) is -11.8. The Hall–Kier alpha value is -1.25. The number of halogens is 12. The average molecular weight is 675 g/mol. The molecule has 0 amide bonds. The van der Waals surface area contributed by atoms with Crippen LogP contribution in [0.1, 0.15) is 84.0 Å². The van der Waals surface area contributed by atoms with Gasteiger partial charge >= 0.3 is 24.7 Å². The van der Waals surface area contributed by atoms with Crippen molar-refractivity contribution in [3.05, 3.63) is 0 Å². The summed E-state index contributed by atoms with van der Waals surface area (Å²) in [6.07, 6.45) is -22.9. The van der Waals surface area contributed by atoms with Gasteiger partial charge in [0.2, 0.25) is 0 Å². The fourth-order valence-corrected chi connectivity index (χ4v) is 10.9. The third kappa shape index (κ3) is 5.12. The molecule has 10 atom stereocenters. The first-order valence-corrected chi connectivity index (χ1v) is 15.7. The van der Waals surface area contributed by atoms with Gasteiger partial charge in [-0.3, -0.25) is 4.79 Å². The maximum Gasteiger partial charge on any atom is 0.427 e. The molecule has 2 bridgehead atoms. The van der Waals surface area contributed by atoms with E-state index in [1.165, 1.54) is 0 Å². The van der Waals surface area contributed by atoms with E-state index in [-0.39, 0.29) is 44.4 Å². The lowest BCUT2D eigenvalue weighted by Gasteiger charge is -2.56. The molecule has 10 unspecified atom stereocenters. The van der Waals surface area contributed by atoms with E-state index < -0.39 is 101 Å². The highest BCUT2D eigenvalue weighted by molar-refractivity contribution is 5.92.